The molecule has 2 aromatic carbocycles. The fourth-order valence-electron chi connectivity index (χ4n) is 2.13. The molecule has 0 fully saturated rings. The number of aryl methyl sites for hydroxylation is 1. The average Bonchev–Trinajstić information content (AvgIpc) is 2.38. The first-order valence-electron chi connectivity index (χ1n) is 5.95. The van der Waals surface area contributed by atoms with E-state index in [-0.39, 0.29) is 0 Å². The molecule has 2 aromatic rings. The van der Waals surface area contributed by atoms with Crippen molar-refractivity contribution >= 4 is 21.6 Å². The van der Waals surface area contributed by atoms with Crippen LogP contribution >= 0.6 is 15.9 Å². The minimum atomic E-state index is 0.609. The van der Waals surface area contributed by atoms with Crippen molar-refractivity contribution in [1.82, 2.24) is 0 Å². The summed E-state index contributed by atoms with van der Waals surface area (Å²) >= 11 is 3.50. The molecular weight excluding hydrogens is 290 g/mol. The summed E-state index contributed by atoms with van der Waals surface area (Å²) in [7, 11) is 0. The van der Waals surface area contributed by atoms with Crippen molar-refractivity contribution in [3.05, 3.63) is 58.1 Å². The zero-order chi connectivity index (χ0) is 12.5. The van der Waals surface area contributed by atoms with E-state index in [1.807, 2.05) is 12.1 Å². The Morgan fingerprint density at radius 1 is 1.11 bits per heavy atom. The Morgan fingerprint density at radius 3 is 2.67 bits per heavy atom. The molecule has 0 spiro atoms. The molecule has 0 saturated heterocycles. The molecule has 2 nitrogen and oxygen atoms in total. The van der Waals surface area contributed by atoms with E-state index in [9.17, 15) is 0 Å². The van der Waals surface area contributed by atoms with Crippen LogP contribution in [0, 0.1) is 6.92 Å². The highest BCUT2D eigenvalue weighted by Crippen LogP contribution is 2.30. The molecule has 0 saturated carbocycles. The van der Waals surface area contributed by atoms with E-state index in [2.05, 4.69) is 58.1 Å². The van der Waals surface area contributed by atoms with Crippen LogP contribution in [0.4, 0.5) is 5.69 Å². The molecule has 3 heteroatoms. The second kappa shape index (κ2) is 4.65. The molecule has 1 heterocycles. The Morgan fingerprint density at radius 2 is 1.89 bits per heavy atom. The lowest BCUT2D eigenvalue weighted by atomic mass is 10.1. The van der Waals surface area contributed by atoms with Crippen molar-refractivity contribution in [3.63, 3.8) is 0 Å². The highest BCUT2D eigenvalue weighted by atomic mass is 79.9. The van der Waals surface area contributed by atoms with Crippen LogP contribution in [0.3, 0.4) is 0 Å². The van der Waals surface area contributed by atoms with E-state index >= 15 is 0 Å². The largest absolute Gasteiger partial charge is 0.473 e. The van der Waals surface area contributed by atoms with Gasteiger partial charge in [0.05, 0.1) is 0 Å². The molecule has 0 radical (unpaired) electrons. The van der Waals surface area contributed by atoms with Crippen molar-refractivity contribution in [1.29, 1.82) is 0 Å². The SMILES string of the molecule is Cc1ccc(N2COc3ccc(Br)cc3C2)cc1. The Labute approximate surface area is 115 Å². The monoisotopic (exact) mass is 303 g/mol. The summed E-state index contributed by atoms with van der Waals surface area (Å²) in [5.41, 5.74) is 3.70. The van der Waals surface area contributed by atoms with E-state index in [0.29, 0.717) is 6.73 Å². The van der Waals surface area contributed by atoms with E-state index in [1.54, 1.807) is 0 Å². The predicted molar refractivity (Wildman–Crippen MR) is 77.0 cm³/mol. The van der Waals surface area contributed by atoms with Gasteiger partial charge < -0.3 is 9.64 Å². The van der Waals surface area contributed by atoms with Gasteiger partial charge in [-0.15, -0.1) is 0 Å². The molecule has 0 aliphatic carbocycles. The maximum absolute atomic E-state index is 5.78. The maximum Gasteiger partial charge on any atom is 0.161 e. The molecule has 1 aliphatic rings. The lowest BCUT2D eigenvalue weighted by Gasteiger charge is -2.30. The first kappa shape index (κ1) is 11.6. The van der Waals surface area contributed by atoms with Gasteiger partial charge in [0.1, 0.15) is 5.75 Å². The summed E-state index contributed by atoms with van der Waals surface area (Å²) in [6.45, 7) is 3.60. The maximum atomic E-state index is 5.78. The first-order valence-corrected chi connectivity index (χ1v) is 6.74. The van der Waals surface area contributed by atoms with E-state index in [4.69, 9.17) is 4.74 Å². The Balaban J connectivity index is 1.88. The van der Waals surface area contributed by atoms with E-state index < -0.39 is 0 Å². The number of rotatable bonds is 1. The quantitative estimate of drug-likeness (QED) is 0.786. The standard InChI is InChI=1S/C15H14BrNO/c1-11-2-5-14(6-3-11)17-9-12-8-13(16)4-7-15(12)18-10-17/h2-8H,9-10H2,1H3. The summed E-state index contributed by atoms with van der Waals surface area (Å²) in [5.74, 6) is 0.988. The number of ether oxygens (including phenoxy) is 1. The third-order valence-corrected chi connectivity index (χ3v) is 3.65. The molecule has 3 rings (SSSR count). The fraction of sp³-hybridized carbons (Fsp3) is 0.200. The third-order valence-electron chi connectivity index (χ3n) is 3.16. The molecule has 0 amide bonds. The van der Waals surface area contributed by atoms with Gasteiger partial charge in [-0.05, 0) is 37.3 Å². The molecule has 0 bridgehead atoms. The van der Waals surface area contributed by atoms with Crippen molar-refractivity contribution in [2.24, 2.45) is 0 Å². The molecule has 92 valence electrons. The molecule has 1 aliphatic heterocycles. The Hall–Kier alpha value is -1.48. The van der Waals surface area contributed by atoms with E-state index in [0.717, 1.165) is 16.8 Å². The van der Waals surface area contributed by atoms with Gasteiger partial charge in [-0.3, -0.25) is 0 Å². The third kappa shape index (κ3) is 2.23. The summed E-state index contributed by atoms with van der Waals surface area (Å²) in [6.07, 6.45) is 0. The van der Waals surface area contributed by atoms with E-state index in [1.165, 1.54) is 16.8 Å². The van der Waals surface area contributed by atoms with Gasteiger partial charge in [0.2, 0.25) is 0 Å². The highest BCUT2D eigenvalue weighted by Gasteiger charge is 2.17. The van der Waals surface area contributed by atoms with Gasteiger partial charge in [-0.25, -0.2) is 0 Å². The van der Waals surface area contributed by atoms with Crippen LogP contribution in [0.1, 0.15) is 11.1 Å². The lowest BCUT2D eigenvalue weighted by Crippen LogP contribution is -2.31. The highest BCUT2D eigenvalue weighted by molar-refractivity contribution is 9.10. The van der Waals surface area contributed by atoms with Crippen LogP contribution in [0.2, 0.25) is 0 Å². The number of benzene rings is 2. The second-order valence-corrected chi connectivity index (χ2v) is 5.47. The summed E-state index contributed by atoms with van der Waals surface area (Å²) in [5, 5.41) is 0. The first-order chi connectivity index (χ1) is 8.72. The Bertz CT molecular complexity index is 565. The number of fused-ring (bicyclic) bond motifs is 1. The van der Waals surface area contributed by atoms with Crippen LogP contribution in [-0.4, -0.2) is 6.73 Å². The summed E-state index contributed by atoms with van der Waals surface area (Å²) in [6, 6.07) is 14.7. The molecule has 0 N–H and O–H groups in total. The normalized spacial score (nSPS) is 14.0. The van der Waals surface area contributed by atoms with Gasteiger partial charge in [0, 0.05) is 22.3 Å². The van der Waals surface area contributed by atoms with Crippen molar-refractivity contribution in [2.45, 2.75) is 13.5 Å². The van der Waals surface area contributed by atoms with Gasteiger partial charge in [0.15, 0.2) is 6.73 Å². The van der Waals surface area contributed by atoms with Crippen LogP contribution in [0.5, 0.6) is 5.75 Å². The number of halogens is 1. The smallest absolute Gasteiger partial charge is 0.161 e. The fourth-order valence-corrected chi connectivity index (χ4v) is 2.54. The number of hydrogen-bond acceptors (Lipinski definition) is 2. The minimum Gasteiger partial charge on any atom is -0.473 e. The number of anilines is 1. The zero-order valence-electron chi connectivity index (χ0n) is 10.2. The molecule has 18 heavy (non-hydrogen) atoms. The van der Waals surface area contributed by atoms with Crippen LogP contribution in [0.25, 0.3) is 0 Å². The molecular formula is C15H14BrNO. The van der Waals surface area contributed by atoms with Crippen LogP contribution in [-0.2, 0) is 6.54 Å². The topological polar surface area (TPSA) is 12.5 Å². The van der Waals surface area contributed by atoms with Gasteiger partial charge >= 0.3 is 0 Å². The molecule has 0 aromatic heterocycles. The predicted octanol–water partition coefficient (Wildman–Crippen LogP) is 4.11. The summed E-state index contributed by atoms with van der Waals surface area (Å²) < 4.78 is 6.87. The Kier molecular flexibility index (Phi) is 3.00. The lowest BCUT2D eigenvalue weighted by molar-refractivity contribution is 0.289. The van der Waals surface area contributed by atoms with Gasteiger partial charge in [-0.2, -0.15) is 0 Å². The van der Waals surface area contributed by atoms with Gasteiger partial charge in [0.25, 0.3) is 0 Å². The van der Waals surface area contributed by atoms with Crippen molar-refractivity contribution in [2.75, 3.05) is 11.6 Å². The van der Waals surface area contributed by atoms with Crippen LogP contribution < -0.4 is 9.64 Å². The minimum absolute atomic E-state index is 0.609. The number of hydrogen-bond donors (Lipinski definition) is 0. The van der Waals surface area contributed by atoms with Gasteiger partial charge in [-0.1, -0.05) is 33.6 Å². The zero-order valence-corrected chi connectivity index (χ0v) is 11.8. The van der Waals surface area contributed by atoms with Crippen molar-refractivity contribution < 1.29 is 4.74 Å². The van der Waals surface area contributed by atoms with Crippen molar-refractivity contribution in [3.8, 4) is 5.75 Å². The van der Waals surface area contributed by atoms with Crippen LogP contribution in [0.15, 0.2) is 46.9 Å². The molecule has 0 unspecified atom stereocenters. The number of nitrogens with zero attached hydrogens (tertiary/aromatic N) is 1. The average molecular weight is 304 g/mol. The molecule has 0 atom stereocenters. The second-order valence-electron chi connectivity index (χ2n) is 4.56. The summed E-state index contributed by atoms with van der Waals surface area (Å²) in [4.78, 5) is 2.23.